The van der Waals surface area contributed by atoms with E-state index in [1.54, 1.807) is 0 Å². The van der Waals surface area contributed by atoms with Crippen LogP contribution in [0.3, 0.4) is 0 Å². The van der Waals surface area contributed by atoms with E-state index in [0.717, 1.165) is 22.8 Å². The Hall–Kier alpha value is -2.79. The molecule has 1 heterocycles. The van der Waals surface area contributed by atoms with Crippen molar-refractivity contribution < 1.29 is 4.74 Å². The fourth-order valence-electron chi connectivity index (χ4n) is 2.86. The van der Waals surface area contributed by atoms with Crippen molar-refractivity contribution in [1.29, 1.82) is 0 Å². The van der Waals surface area contributed by atoms with Gasteiger partial charge in [-0.1, -0.05) is 0 Å². The first kappa shape index (κ1) is 18.0. The van der Waals surface area contributed by atoms with Gasteiger partial charge in [0.2, 0.25) is 0 Å². The first-order valence-electron chi connectivity index (χ1n) is 8.63. The summed E-state index contributed by atoms with van der Waals surface area (Å²) in [5.74, 6) is 0.850. The molecular formula is C21H23N3OS. The van der Waals surface area contributed by atoms with Crippen molar-refractivity contribution in [1.82, 2.24) is 4.57 Å². The van der Waals surface area contributed by atoms with Gasteiger partial charge in [-0.15, -0.1) is 0 Å². The maximum absolute atomic E-state index is 5.44. The van der Waals surface area contributed by atoms with Crippen LogP contribution in [0.4, 0.5) is 11.4 Å². The summed E-state index contributed by atoms with van der Waals surface area (Å²) in [4.78, 5) is 0. The highest BCUT2D eigenvalue weighted by molar-refractivity contribution is 7.80. The zero-order valence-electron chi connectivity index (χ0n) is 15.2. The van der Waals surface area contributed by atoms with E-state index in [1.165, 1.54) is 11.4 Å². The molecule has 3 aromatic rings. The number of thiocarbonyl (C=S) groups is 1. The molecule has 134 valence electrons. The van der Waals surface area contributed by atoms with Gasteiger partial charge < -0.3 is 19.9 Å². The summed E-state index contributed by atoms with van der Waals surface area (Å²) in [6.45, 7) is 6.84. The first-order chi connectivity index (χ1) is 12.6. The SMILES string of the molecule is CCOc1ccc(NC(=S)Nc2ccc(-n3c(C)ccc3C)cc2)cc1. The number of nitrogens with one attached hydrogen (secondary N) is 2. The first-order valence-corrected chi connectivity index (χ1v) is 9.04. The second kappa shape index (κ2) is 8.06. The van der Waals surface area contributed by atoms with Crippen molar-refractivity contribution in [3.8, 4) is 11.4 Å². The molecule has 0 unspecified atom stereocenters. The van der Waals surface area contributed by atoms with Gasteiger partial charge in [-0.25, -0.2) is 0 Å². The van der Waals surface area contributed by atoms with Crippen molar-refractivity contribution in [2.24, 2.45) is 0 Å². The molecule has 2 aromatic carbocycles. The minimum atomic E-state index is 0.551. The Morgan fingerprint density at radius 2 is 1.35 bits per heavy atom. The van der Waals surface area contributed by atoms with Crippen molar-refractivity contribution in [3.63, 3.8) is 0 Å². The third-order valence-corrected chi connectivity index (χ3v) is 4.28. The highest BCUT2D eigenvalue weighted by Gasteiger charge is 2.04. The largest absolute Gasteiger partial charge is 0.494 e. The Morgan fingerprint density at radius 3 is 1.85 bits per heavy atom. The number of nitrogens with zero attached hydrogens (tertiary/aromatic N) is 1. The zero-order valence-corrected chi connectivity index (χ0v) is 16.1. The van der Waals surface area contributed by atoms with Gasteiger partial charge in [-0.2, -0.15) is 0 Å². The molecule has 0 fully saturated rings. The van der Waals surface area contributed by atoms with Gasteiger partial charge in [0.1, 0.15) is 5.75 Å². The Kier molecular flexibility index (Phi) is 5.58. The van der Waals surface area contributed by atoms with Crippen LogP contribution in [-0.4, -0.2) is 16.3 Å². The van der Waals surface area contributed by atoms with Gasteiger partial charge in [0.15, 0.2) is 5.11 Å². The fraction of sp³-hybridized carbons (Fsp3) is 0.190. The van der Waals surface area contributed by atoms with E-state index in [1.807, 2.05) is 43.3 Å². The van der Waals surface area contributed by atoms with Crippen molar-refractivity contribution in [2.75, 3.05) is 17.2 Å². The van der Waals surface area contributed by atoms with Crippen LogP contribution in [0.2, 0.25) is 0 Å². The summed E-state index contributed by atoms with van der Waals surface area (Å²) in [5.41, 5.74) is 5.44. The van der Waals surface area contributed by atoms with Gasteiger partial charge in [0, 0.05) is 28.5 Å². The molecule has 4 nitrogen and oxygen atoms in total. The molecule has 0 saturated heterocycles. The minimum absolute atomic E-state index is 0.551. The van der Waals surface area contributed by atoms with E-state index in [9.17, 15) is 0 Å². The van der Waals surface area contributed by atoms with E-state index < -0.39 is 0 Å². The molecule has 0 radical (unpaired) electrons. The van der Waals surface area contributed by atoms with Crippen molar-refractivity contribution in [3.05, 3.63) is 72.1 Å². The molecule has 0 aliphatic heterocycles. The zero-order chi connectivity index (χ0) is 18.5. The van der Waals surface area contributed by atoms with Gasteiger partial charge in [-0.3, -0.25) is 0 Å². The summed E-state index contributed by atoms with van der Waals surface area (Å²) >= 11 is 5.40. The molecule has 26 heavy (non-hydrogen) atoms. The molecule has 0 spiro atoms. The smallest absolute Gasteiger partial charge is 0.175 e. The third-order valence-electron chi connectivity index (χ3n) is 4.08. The second-order valence-corrected chi connectivity index (χ2v) is 6.44. The maximum atomic E-state index is 5.44. The summed E-state index contributed by atoms with van der Waals surface area (Å²) in [5, 5.41) is 6.94. The van der Waals surface area contributed by atoms with Gasteiger partial charge in [0.25, 0.3) is 0 Å². The Morgan fingerprint density at radius 1 is 0.846 bits per heavy atom. The number of anilines is 2. The topological polar surface area (TPSA) is 38.2 Å². The van der Waals surface area contributed by atoms with Crippen LogP contribution in [0.15, 0.2) is 60.7 Å². The van der Waals surface area contributed by atoms with Crippen LogP contribution in [0.25, 0.3) is 5.69 Å². The quantitative estimate of drug-likeness (QED) is 0.602. The molecule has 3 rings (SSSR count). The second-order valence-electron chi connectivity index (χ2n) is 6.03. The van der Waals surface area contributed by atoms with E-state index in [0.29, 0.717) is 11.7 Å². The number of ether oxygens (including phenoxy) is 1. The van der Waals surface area contributed by atoms with Crippen LogP contribution in [0.5, 0.6) is 5.75 Å². The number of hydrogen-bond acceptors (Lipinski definition) is 2. The lowest BCUT2D eigenvalue weighted by atomic mass is 10.2. The molecule has 0 aliphatic carbocycles. The van der Waals surface area contributed by atoms with Gasteiger partial charge >= 0.3 is 0 Å². The predicted octanol–water partition coefficient (Wildman–Crippen LogP) is 5.30. The van der Waals surface area contributed by atoms with Crippen LogP contribution in [-0.2, 0) is 0 Å². The normalized spacial score (nSPS) is 10.4. The molecule has 5 heteroatoms. The summed E-state index contributed by atoms with van der Waals surface area (Å²) in [6.07, 6.45) is 0. The summed E-state index contributed by atoms with van der Waals surface area (Å²) in [6, 6.07) is 20.2. The van der Waals surface area contributed by atoms with Gasteiger partial charge in [-0.05, 0) is 93.7 Å². The van der Waals surface area contributed by atoms with Crippen LogP contribution >= 0.6 is 12.2 Å². The molecule has 1 aromatic heterocycles. The number of benzene rings is 2. The average molecular weight is 366 g/mol. The van der Waals surface area contributed by atoms with Crippen LogP contribution < -0.4 is 15.4 Å². The lowest BCUT2D eigenvalue weighted by molar-refractivity contribution is 0.340. The van der Waals surface area contributed by atoms with E-state index >= 15 is 0 Å². The van der Waals surface area contributed by atoms with Crippen LogP contribution in [0.1, 0.15) is 18.3 Å². The number of aryl methyl sites for hydroxylation is 2. The van der Waals surface area contributed by atoms with Crippen molar-refractivity contribution >= 4 is 28.7 Å². The monoisotopic (exact) mass is 365 g/mol. The van der Waals surface area contributed by atoms with Crippen molar-refractivity contribution in [2.45, 2.75) is 20.8 Å². The molecule has 0 bridgehead atoms. The molecule has 0 atom stereocenters. The summed E-state index contributed by atoms with van der Waals surface area (Å²) < 4.78 is 7.66. The Labute approximate surface area is 159 Å². The van der Waals surface area contributed by atoms with E-state index in [-0.39, 0.29) is 0 Å². The van der Waals surface area contributed by atoms with Gasteiger partial charge in [0.05, 0.1) is 6.61 Å². The fourth-order valence-corrected chi connectivity index (χ4v) is 3.10. The summed E-state index contributed by atoms with van der Waals surface area (Å²) in [7, 11) is 0. The molecule has 2 N–H and O–H groups in total. The Bertz CT molecular complexity index is 863. The van der Waals surface area contributed by atoms with Crippen LogP contribution in [0, 0.1) is 13.8 Å². The predicted molar refractivity (Wildman–Crippen MR) is 113 cm³/mol. The molecule has 0 aliphatic rings. The Balaban J connectivity index is 1.62. The number of hydrogen-bond donors (Lipinski definition) is 2. The minimum Gasteiger partial charge on any atom is -0.494 e. The standard InChI is InChI=1S/C21H23N3OS/c1-4-25-20-13-9-18(10-14-20)23-21(26)22-17-7-11-19(12-8-17)24-15(2)5-6-16(24)3/h5-14H,4H2,1-3H3,(H2,22,23,26). The lowest BCUT2D eigenvalue weighted by Crippen LogP contribution is -2.19. The molecule has 0 amide bonds. The average Bonchev–Trinajstić information content (AvgIpc) is 2.96. The van der Waals surface area contributed by atoms with E-state index in [2.05, 4.69) is 53.3 Å². The lowest BCUT2D eigenvalue weighted by Gasteiger charge is -2.13. The number of aromatic nitrogens is 1. The number of rotatable bonds is 5. The highest BCUT2D eigenvalue weighted by Crippen LogP contribution is 2.19. The third kappa shape index (κ3) is 4.24. The molecular weight excluding hydrogens is 342 g/mol. The highest BCUT2D eigenvalue weighted by atomic mass is 32.1. The maximum Gasteiger partial charge on any atom is 0.175 e. The van der Waals surface area contributed by atoms with E-state index in [4.69, 9.17) is 17.0 Å². The molecule has 0 saturated carbocycles.